The van der Waals surface area contributed by atoms with Gasteiger partial charge in [0.1, 0.15) is 0 Å². The zero-order valence-electron chi connectivity index (χ0n) is 17.1. The molecule has 1 aliphatic heterocycles. The lowest BCUT2D eigenvalue weighted by molar-refractivity contribution is -0.121. The quantitative estimate of drug-likeness (QED) is 0.634. The van der Waals surface area contributed by atoms with Gasteiger partial charge >= 0.3 is 0 Å². The van der Waals surface area contributed by atoms with E-state index in [0.717, 1.165) is 4.90 Å². The van der Waals surface area contributed by atoms with Gasteiger partial charge in [0.15, 0.2) is 0 Å². The van der Waals surface area contributed by atoms with Gasteiger partial charge in [-0.3, -0.25) is 19.3 Å². The van der Waals surface area contributed by atoms with Crippen LogP contribution in [0.2, 0.25) is 5.02 Å². The molecule has 2 aromatic rings. The molecule has 31 heavy (non-hydrogen) atoms. The van der Waals surface area contributed by atoms with Crippen LogP contribution in [0.5, 0.6) is 0 Å². The Kier molecular flexibility index (Phi) is 6.78. The molecule has 0 aromatic heterocycles. The van der Waals surface area contributed by atoms with Crippen molar-refractivity contribution in [1.82, 2.24) is 4.31 Å². The van der Waals surface area contributed by atoms with Crippen molar-refractivity contribution in [2.24, 2.45) is 0 Å². The van der Waals surface area contributed by atoms with E-state index in [1.54, 1.807) is 13.8 Å². The van der Waals surface area contributed by atoms with E-state index in [2.05, 4.69) is 5.32 Å². The highest BCUT2D eigenvalue weighted by Crippen LogP contribution is 2.28. The molecule has 2 aromatic carbocycles. The molecule has 0 bridgehead atoms. The molecule has 10 heteroatoms. The van der Waals surface area contributed by atoms with Crippen LogP contribution in [0.1, 0.15) is 37.0 Å². The monoisotopic (exact) mass is 463 g/mol. The van der Waals surface area contributed by atoms with Crippen LogP contribution in [0, 0.1) is 0 Å². The van der Waals surface area contributed by atoms with Gasteiger partial charge in [0, 0.05) is 31.5 Å². The van der Waals surface area contributed by atoms with Gasteiger partial charge in [-0.1, -0.05) is 25.4 Å². The van der Waals surface area contributed by atoms with Gasteiger partial charge in [-0.2, -0.15) is 4.31 Å². The van der Waals surface area contributed by atoms with Crippen LogP contribution >= 0.6 is 11.6 Å². The van der Waals surface area contributed by atoms with Crippen LogP contribution < -0.4 is 10.2 Å². The maximum absolute atomic E-state index is 12.7. The Hall–Kier alpha value is -2.75. The average Bonchev–Trinajstić information content (AvgIpc) is 3.08. The maximum atomic E-state index is 12.7. The Morgan fingerprint density at radius 1 is 1.03 bits per heavy atom. The highest BCUT2D eigenvalue weighted by molar-refractivity contribution is 7.89. The Labute approximate surface area is 185 Å². The molecule has 1 aliphatic rings. The summed E-state index contributed by atoms with van der Waals surface area (Å²) in [6.07, 6.45) is 0.346. The summed E-state index contributed by atoms with van der Waals surface area (Å²) in [5.41, 5.74) is 0.819. The van der Waals surface area contributed by atoms with Crippen LogP contribution in [0.4, 0.5) is 11.4 Å². The zero-order chi connectivity index (χ0) is 22.8. The molecule has 8 nitrogen and oxygen atoms in total. The normalized spacial score (nSPS) is 14.4. The van der Waals surface area contributed by atoms with Crippen molar-refractivity contribution in [3.05, 3.63) is 53.1 Å². The first kappa shape index (κ1) is 22.9. The number of benzene rings is 2. The number of anilines is 2. The number of imide groups is 1. The Morgan fingerprint density at radius 2 is 1.61 bits per heavy atom. The SMILES string of the molecule is CCN(CC)S(=O)(=O)c1ccc(Cl)c(NC(=O)c2ccc(N3C(=O)CCC3=O)cc2)c1. The summed E-state index contributed by atoms with van der Waals surface area (Å²) in [5, 5.41) is 2.81. The Bertz CT molecular complexity index is 1110. The van der Waals surface area contributed by atoms with E-state index in [4.69, 9.17) is 11.6 Å². The summed E-state index contributed by atoms with van der Waals surface area (Å²) in [7, 11) is -3.71. The van der Waals surface area contributed by atoms with Gasteiger partial charge < -0.3 is 5.32 Å². The number of hydrogen-bond donors (Lipinski definition) is 1. The number of carbonyl (C=O) groups is 3. The minimum atomic E-state index is -3.71. The van der Waals surface area contributed by atoms with E-state index in [0.29, 0.717) is 18.8 Å². The fraction of sp³-hybridized carbons (Fsp3) is 0.286. The minimum absolute atomic E-state index is 0.0253. The Morgan fingerprint density at radius 3 is 2.16 bits per heavy atom. The zero-order valence-corrected chi connectivity index (χ0v) is 18.7. The number of rotatable bonds is 7. The number of hydrogen-bond acceptors (Lipinski definition) is 5. The van der Waals surface area contributed by atoms with E-state index in [-0.39, 0.29) is 45.8 Å². The lowest BCUT2D eigenvalue weighted by Crippen LogP contribution is -2.30. The number of nitrogens with one attached hydrogen (secondary N) is 1. The molecule has 0 unspecified atom stereocenters. The number of amides is 3. The predicted molar refractivity (Wildman–Crippen MR) is 118 cm³/mol. The van der Waals surface area contributed by atoms with Crippen LogP contribution in [-0.2, 0) is 19.6 Å². The predicted octanol–water partition coefficient (Wildman–Crippen LogP) is 3.28. The Balaban J connectivity index is 1.82. The minimum Gasteiger partial charge on any atom is -0.321 e. The van der Waals surface area contributed by atoms with Crippen molar-refractivity contribution in [2.45, 2.75) is 31.6 Å². The second-order valence-electron chi connectivity index (χ2n) is 6.85. The summed E-state index contributed by atoms with van der Waals surface area (Å²) in [5.74, 6) is -1.06. The van der Waals surface area contributed by atoms with Crippen molar-refractivity contribution in [3.8, 4) is 0 Å². The third kappa shape index (κ3) is 4.63. The smallest absolute Gasteiger partial charge is 0.255 e. The molecule has 1 fully saturated rings. The van der Waals surface area contributed by atoms with Crippen molar-refractivity contribution in [2.75, 3.05) is 23.3 Å². The van der Waals surface area contributed by atoms with Gasteiger partial charge in [-0.15, -0.1) is 0 Å². The van der Waals surface area contributed by atoms with Crippen LogP contribution in [0.15, 0.2) is 47.4 Å². The second kappa shape index (κ2) is 9.17. The topological polar surface area (TPSA) is 104 Å². The summed E-state index contributed by atoms with van der Waals surface area (Å²) >= 11 is 6.16. The van der Waals surface area contributed by atoms with Gasteiger partial charge in [0.05, 0.1) is 21.3 Å². The van der Waals surface area contributed by atoms with Crippen molar-refractivity contribution >= 4 is 50.7 Å². The summed E-state index contributed by atoms with van der Waals surface area (Å²) in [6, 6.07) is 10.1. The molecule has 1 saturated heterocycles. The van der Waals surface area contributed by atoms with Crippen molar-refractivity contribution in [1.29, 1.82) is 0 Å². The highest BCUT2D eigenvalue weighted by Gasteiger charge is 2.30. The largest absolute Gasteiger partial charge is 0.321 e. The summed E-state index contributed by atoms with van der Waals surface area (Å²) in [4.78, 5) is 37.5. The molecule has 0 saturated carbocycles. The standard InChI is InChI=1S/C21H22ClN3O5S/c1-3-24(4-2)31(29,30)16-9-10-17(22)18(13-16)23-21(28)14-5-7-15(8-6-14)25-19(26)11-12-20(25)27/h5-10,13H,3-4,11-12H2,1-2H3,(H,23,28). The molecule has 0 radical (unpaired) electrons. The first-order chi connectivity index (χ1) is 14.7. The van der Waals surface area contributed by atoms with E-state index < -0.39 is 15.9 Å². The highest BCUT2D eigenvalue weighted by atomic mass is 35.5. The van der Waals surface area contributed by atoms with Gasteiger partial charge in [0.25, 0.3) is 5.91 Å². The van der Waals surface area contributed by atoms with Gasteiger partial charge in [0.2, 0.25) is 21.8 Å². The fourth-order valence-electron chi connectivity index (χ4n) is 3.29. The summed E-state index contributed by atoms with van der Waals surface area (Å²) < 4.78 is 26.8. The first-order valence-corrected chi connectivity index (χ1v) is 11.6. The molecule has 1 N–H and O–H groups in total. The molecule has 0 spiro atoms. The molecule has 3 rings (SSSR count). The maximum Gasteiger partial charge on any atom is 0.255 e. The molecular formula is C21H22ClN3O5S. The van der Waals surface area contributed by atoms with E-state index in [1.807, 2.05) is 0 Å². The van der Waals surface area contributed by atoms with E-state index in [1.165, 1.54) is 46.8 Å². The number of halogens is 1. The van der Waals surface area contributed by atoms with Crippen LogP contribution in [0.25, 0.3) is 0 Å². The lowest BCUT2D eigenvalue weighted by Gasteiger charge is -2.19. The third-order valence-corrected chi connectivity index (χ3v) is 7.34. The first-order valence-electron chi connectivity index (χ1n) is 9.76. The number of nitrogens with zero attached hydrogens (tertiary/aromatic N) is 2. The number of carbonyl (C=O) groups excluding carboxylic acids is 3. The number of sulfonamides is 1. The fourth-order valence-corrected chi connectivity index (χ4v) is 4.94. The van der Waals surface area contributed by atoms with Gasteiger partial charge in [-0.05, 0) is 42.5 Å². The molecule has 3 amide bonds. The second-order valence-corrected chi connectivity index (χ2v) is 9.20. The molecule has 0 aliphatic carbocycles. The van der Waals surface area contributed by atoms with Crippen LogP contribution in [0.3, 0.4) is 0 Å². The van der Waals surface area contributed by atoms with Gasteiger partial charge in [-0.25, -0.2) is 8.42 Å². The van der Waals surface area contributed by atoms with E-state index in [9.17, 15) is 22.8 Å². The lowest BCUT2D eigenvalue weighted by atomic mass is 10.1. The molecule has 1 heterocycles. The van der Waals surface area contributed by atoms with E-state index >= 15 is 0 Å². The average molecular weight is 464 g/mol. The molecular weight excluding hydrogens is 442 g/mol. The van der Waals surface area contributed by atoms with Crippen molar-refractivity contribution < 1.29 is 22.8 Å². The molecule has 164 valence electrons. The molecule has 0 atom stereocenters. The third-order valence-electron chi connectivity index (χ3n) is 4.97. The summed E-state index contributed by atoms with van der Waals surface area (Å²) in [6.45, 7) is 4.12. The van der Waals surface area contributed by atoms with Crippen LogP contribution in [-0.4, -0.2) is 43.5 Å². The van der Waals surface area contributed by atoms with Crippen molar-refractivity contribution in [3.63, 3.8) is 0 Å².